The smallest absolute Gasteiger partial charge is 0.197 e. The van der Waals surface area contributed by atoms with Crippen molar-refractivity contribution in [3.63, 3.8) is 0 Å². The fourth-order valence-corrected chi connectivity index (χ4v) is 2.21. The fourth-order valence-electron chi connectivity index (χ4n) is 1.49. The Kier molecular flexibility index (Phi) is 3.70. The average molecular weight is 362 g/mol. The standard InChI is InChI=1S/C13H6F3IO/c14-7-1-3-9(11(16)5-7)13(18)10-4-2-8(15)6-12(10)17/h1-6H. The van der Waals surface area contributed by atoms with Gasteiger partial charge in [-0.1, -0.05) is 0 Å². The Labute approximate surface area is 115 Å². The van der Waals surface area contributed by atoms with Gasteiger partial charge >= 0.3 is 0 Å². The van der Waals surface area contributed by atoms with Crippen molar-refractivity contribution in [2.24, 2.45) is 0 Å². The first-order valence-electron chi connectivity index (χ1n) is 4.94. The lowest BCUT2D eigenvalue weighted by molar-refractivity contribution is 0.103. The minimum absolute atomic E-state index is 0.183. The van der Waals surface area contributed by atoms with E-state index in [-0.39, 0.29) is 11.1 Å². The second-order valence-electron chi connectivity index (χ2n) is 3.58. The molecule has 0 aromatic heterocycles. The van der Waals surface area contributed by atoms with Gasteiger partial charge in [0.15, 0.2) is 5.78 Å². The summed E-state index contributed by atoms with van der Waals surface area (Å²) in [5.41, 5.74) is -0.0524. The molecule has 0 saturated heterocycles. The van der Waals surface area contributed by atoms with Crippen LogP contribution in [0.25, 0.3) is 0 Å². The molecule has 0 aliphatic carbocycles. The Morgan fingerprint density at radius 3 is 2.00 bits per heavy atom. The molecule has 0 heterocycles. The first-order chi connectivity index (χ1) is 8.49. The Bertz CT molecular complexity index is 572. The molecule has 2 aromatic rings. The maximum absolute atomic E-state index is 13.5. The van der Waals surface area contributed by atoms with E-state index in [9.17, 15) is 18.0 Å². The van der Waals surface area contributed by atoms with E-state index < -0.39 is 23.2 Å². The van der Waals surface area contributed by atoms with Gasteiger partial charge in [-0.05, 0) is 52.9 Å². The van der Waals surface area contributed by atoms with E-state index in [1.54, 1.807) is 22.6 Å². The zero-order valence-electron chi connectivity index (χ0n) is 8.88. The lowest BCUT2D eigenvalue weighted by Crippen LogP contribution is -2.07. The molecule has 0 unspecified atom stereocenters. The van der Waals surface area contributed by atoms with E-state index in [1.807, 2.05) is 0 Å². The molecule has 0 aliphatic heterocycles. The van der Waals surface area contributed by atoms with E-state index in [2.05, 4.69) is 0 Å². The highest BCUT2D eigenvalue weighted by Gasteiger charge is 2.17. The van der Waals surface area contributed by atoms with Gasteiger partial charge in [-0.25, -0.2) is 13.2 Å². The maximum Gasteiger partial charge on any atom is 0.197 e. The van der Waals surface area contributed by atoms with Crippen molar-refractivity contribution >= 4 is 28.4 Å². The van der Waals surface area contributed by atoms with E-state index in [4.69, 9.17) is 0 Å². The molecule has 0 atom stereocenters. The molecule has 0 saturated carbocycles. The van der Waals surface area contributed by atoms with Crippen molar-refractivity contribution in [3.8, 4) is 0 Å². The number of benzene rings is 2. The topological polar surface area (TPSA) is 17.1 Å². The molecule has 0 amide bonds. The zero-order chi connectivity index (χ0) is 13.3. The Hall–Kier alpha value is -1.37. The van der Waals surface area contributed by atoms with E-state index in [0.29, 0.717) is 9.64 Å². The van der Waals surface area contributed by atoms with Crippen LogP contribution in [0, 0.1) is 21.0 Å². The minimum atomic E-state index is -0.930. The molecule has 5 heteroatoms. The largest absolute Gasteiger partial charge is 0.288 e. The van der Waals surface area contributed by atoms with Crippen molar-refractivity contribution in [1.29, 1.82) is 0 Å². The van der Waals surface area contributed by atoms with Crippen LogP contribution in [-0.2, 0) is 0 Å². The number of ketones is 1. The molecule has 0 aliphatic rings. The molecule has 0 bridgehead atoms. The highest BCUT2D eigenvalue weighted by molar-refractivity contribution is 14.1. The van der Waals surface area contributed by atoms with Gasteiger partial charge in [-0.15, -0.1) is 0 Å². The van der Waals surface area contributed by atoms with Crippen molar-refractivity contribution < 1.29 is 18.0 Å². The van der Waals surface area contributed by atoms with Gasteiger partial charge in [0.2, 0.25) is 0 Å². The van der Waals surface area contributed by atoms with Crippen molar-refractivity contribution in [2.45, 2.75) is 0 Å². The summed E-state index contributed by atoms with van der Waals surface area (Å²) in [4.78, 5) is 12.0. The number of carbonyl (C=O) groups excluding carboxylic acids is 1. The summed E-state index contributed by atoms with van der Waals surface area (Å²) in [5, 5.41) is 0. The third-order valence-corrected chi connectivity index (χ3v) is 3.24. The van der Waals surface area contributed by atoms with Crippen molar-refractivity contribution in [2.75, 3.05) is 0 Å². The number of carbonyl (C=O) groups is 1. The highest BCUT2D eigenvalue weighted by atomic mass is 127. The van der Waals surface area contributed by atoms with Gasteiger partial charge in [0.1, 0.15) is 17.5 Å². The van der Waals surface area contributed by atoms with Crippen LogP contribution >= 0.6 is 22.6 Å². The minimum Gasteiger partial charge on any atom is -0.288 e. The molecule has 0 radical (unpaired) electrons. The predicted octanol–water partition coefficient (Wildman–Crippen LogP) is 3.94. The Morgan fingerprint density at radius 1 is 0.889 bits per heavy atom. The van der Waals surface area contributed by atoms with Gasteiger partial charge < -0.3 is 0 Å². The summed E-state index contributed by atoms with van der Waals surface area (Å²) in [6, 6.07) is 6.30. The van der Waals surface area contributed by atoms with Gasteiger partial charge in [0.25, 0.3) is 0 Å². The van der Waals surface area contributed by atoms with Crippen LogP contribution in [0.15, 0.2) is 36.4 Å². The summed E-state index contributed by atoms with van der Waals surface area (Å²) < 4.78 is 39.5. The van der Waals surface area contributed by atoms with E-state index in [1.165, 1.54) is 12.1 Å². The van der Waals surface area contributed by atoms with Crippen LogP contribution in [-0.4, -0.2) is 5.78 Å². The summed E-state index contributed by atoms with van der Waals surface area (Å²) >= 11 is 1.79. The first-order valence-corrected chi connectivity index (χ1v) is 6.01. The molecule has 2 rings (SSSR count). The second kappa shape index (κ2) is 5.09. The molecule has 2 aromatic carbocycles. The van der Waals surface area contributed by atoms with Gasteiger partial charge in [0, 0.05) is 15.2 Å². The number of rotatable bonds is 2. The molecule has 0 spiro atoms. The molecular formula is C13H6F3IO. The molecule has 0 fully saturated rings. The summed E-state index contributed by atoms with van der Waals surface area (Å²) in [6.07, 6.45) is 0. The van der Waals surface area contributed by atoms with E-state index in [0.717, 1.165) is 18.2 Å². The van der Waals surface area contributed by atoms with Gasteiger partial charge in [0.05, 0.1) is 5.56 Å². The maximum atomic E-state index is 13.5. The Balaban J connectivity index is 2.48. The van der Waals surface area contributed by atoms with E-state index >= 15 is 0 Å². The summed E-state index contributed by atoms with van der Waals surface area (Å²) in [7, 11) is 0. The number of hydrogen-bond acceptors (Lipinski definition) is 1. The van der Waals surface area contributed by atoms with Gasteiger partial charge in [-0.3, -0.25) is 4.79 Å². The lowest BCUT2D eigenvalue weighted by Gasteiger charge is -2.05. The van der Waals surface area contributed by atoms with Crippen LogP contribution in [0.1, 0.15) is 15.9 Å². The second-order valence-corrected chi connectivity index (χ2v) is 4.74. The van der Waals surface area contributed by atoms with Crippen LogP contribution in [0.3, 0.4) is 0 Å². The summed E-state index contributed by atoms with van der Waals surface area (Å²) in [5.74, 6) is -2.76. The molecule has 92 valence electrons. The fraction of sp³-hybridized carbons (Fsp3) is 0. The first kappa shape index (κ1) is 13.1. The van der Waals surface area contributed by atoms with Crippen LogP contribution < -0.4 is 0 Å². The zero-order valence-corrected chi connectivity index (χ0v) is 11.0. The number of halogens is 4. The highest BCUT2D eigenvalue weighted by Crippen LogP contribution is 2.20. The molecular weight excluding hydrogens is 356 g/mol. The SMILES string of the molecule is O=C(c1ccc(F)cc1F)c1ccc(F)cc1I. The normalized spacial score (nSPS) is 10.4. The Morgan fingerprint density at radius 2 is 1.44 bits per heavy atom. The lowest BCUT2D eigenvalue weighted by atomic mass is 10.0. The molecule has 18 heavy (non-hydrogen) atoms. The van der Waals surface area contributed by atoms with Crippen LogP contribution in [0.4, 0.5) is 13.2 Å². The van der Waals surface area contributed by atoms with Gasteiger partial charge in [-0.2, -0.15) is 0 Å². The van der Waals surface area contributed by atoms with Crippen molar-refractivity contribution in [3.05, 3.63) is 68.5 Å². The third kappa shape index (κ3) is 2.55. The summed E-state index contributed by atoms with van der Waals surface area (Å²) in [6.45, 7) is 0. The monoisotopic (exact) mass is 362 g/mol. The van der Waals surface area contributed by atoms with Crippen molar-refractivity contribution in [1.82, 2.24) is 0 Å². The van der Waals surface area contributed by atoms with Crippen LogP contribution in [0.5, 0.6) is 0 Å². The number of hydrogen-bond donors (Lipinski definition) is 0. The molecule has 1 nitrogen and oxygen atoms in total. The molecule has 0 N–H and O–H groups in total. The third-order valence-electron chi connectivity index (χ3n) is 2.35. The average Bonchev–Trinajstić information content (AvgIpc) is 2.28. The predicted molar refractivity (Wildman–Crippen MR) is 68.9 cm³/mol. The van der Waals surface area contributed by atoms with Crippen LogP contribution in [0.2, 0.25) is 0 Å². The quantitative estimate of drug-likeness (QED) is 0.584.